The summed E-state index contributed by atoms with van der Waals surface area (Å²) in [6.45, 7) is 0. The van der Waals surface area contributed by atoms with Crippen molar-refractivity contribution in [2.24, 2.45) is 0 Å². The lowest BCUT2D eigenvalue weighted by atomic mass is 9.93. The fraction of sp³-hybridized carbons (Fsp3) is 0. The first-order chi connectivity index (χ1) is 25.8. The number of benzene rings is 9. The van der Waals surface area contributed by atoms with Crippen molar-refractivity contribution in [3.63, 3.8) is 0 Å². The highest BCUT2D eigenvalue weighted by Gasteiger charge is 2.25. The molecule has 9 aromatic carbocycles. The van der Waals surface area contributed by atoms with Crippen molar-refractivity contribution in [2.75, 3.05) is 0 Å². The molecule has 11 aromatic rings. The molecular weight excluding hydrogens is 631 g/mol. The minimum absolute atomic E-state index is 0.931. The van der Waals surface area contributed by atoms with E-state index < -0.39 is 0 Å². The van der Waals surface area contributed by atoms with E-state index in [-0.39, 0.29) is 0 Å². The fourth-order valence-electron chi connectivity index (χ4n) is 9.09. The Bertz CT molecular complexity index is 3270. The summed E-state index contributed by atoms with van der Waals surface area (Å²) in [5, 5.41) is 10.1. The lowest BCUT2D eigenvalue weighted by Gasteiger charge is -2.14. The second kappa shape index (κ2) is 10.3. The van der Waals surface area contributed by atoms with Gasteiger partial charge in [0.1, 0.15) is 5.82 Å². The van der Waals surface area contributed by atoms with Gasteiger partial charge in [0, 0.05) is 38.5 Å². The summed E-state index contributed by atoms with van der Waals surface area (Å²) >= 11 is 0. The molecule has 3 nitrogen and oxygen atoms in total. The van der Waals surface area contributed by atoms with Crippen LogP contribution in [-0.4, -0.2) is 14.1 Å². The highest BCUT2D eigenvalue weighted by Crippen LogP contribution is 2.49. The molecule has 0 bridgehead atoms. The van der Waals surface area contributed by atoms with Gasteiger partial charge in [-0.25, -0.2) is 4.98 Å². The van der Waals surface area contributed by atoms with Gasteiger partial charge < -0.3 is 4.57 Å². The molecule has 0 saturated carbocycles. The topological polar surface area (TPSA) is 22.8 Å². The summed E-state index contributed by atoms with van der Waals surface area (Å²) in [5.74, 6) is 0.931. The van der Waals surface area contributed by atoms with Gasteiger partial charge in [-0.3, -0.25) is 4.57 Å². The predicted octanol–water partition coefficient (Wildman–Crippen LogP) is 12.9. The maximum atomic E-state index is 5.47. The molecule has 0 spiro atoms. The van der Waals surface area contributed by atoms with Crippen LogP contribution >= 0.6 is 0 Å². The molecule has 3 heteroatoms. The van der Waals surface area contributed by atoms with Crippen molar-refractivity contribution in [3.05, 3.63) is 176 Å². The third kappa shape index (κ3) is 3.61. The lowest BCUT2D eigenvalue weighted by molar-refractivity contribution is 1.10. The molecule has 52 heavy (non-hydrogen) atoms. The van der Waals surface area contributed by atoms with Gasteiger partial charge in [0.15, 0.2) is 0 Å². The Balaban J connectivity index is 1.13. The Labute approximate surface area is 299 Å². The second-order valence-electron chi connectivity index (χ2n) is 13.9. The van der Waals surface area contributed by atoms with Crippen LogP contribution in [0.2, 0.25) is 0 Å². The molecule has 0 saturated heterocycles. The molecule has 1 aliphatic rings. The molecule has 2 heterocycles. The normalized spacial score (nSPS) is 12.2. The average molecular weight is 660 g/mol. The summed E-state index contributed by atoms with van der Waals surface area (Å²) in [6, 6.07) is 64.0. The van der Waals surface area contributed by atoms with Gasteiger partial charge in [-0.15, -0.1) is 0 Å². The number of rotatable bonds is 3. The average Bonchev–Trinajstić information content (AvgIpc) is 3.75. The number of hydrogen-bond acceptors (Lipinski definition) is 1. The minimum Gasteiger partial charge on any atom is -0.309 e. The van der Waals surface area contributed by atoms with Crippen LogP contribution in [0, 0.1) is 0 Å². The van der Waals surface area contributed by atoms with Crippen molar-refractivity contribution in [1.29, 1.82) is 0 Å². The van der Waals surface area contributed by atoms with Crippen LogP contribution in [-0.2, 0) is 0 Å². The van der Waals surface area contributed by atoms with E-state index in [2.05, 4.69) is 185 Å². The standard InChI is InChI=1S/C49H29N3/c1-2-13-32(14-3-1)52-48-41-20-9-7-18-37(41)36-17-6-8-19-40(36)47(48)50-49(52)31-24-27-33(28-25-31)51-42-23-11-22-39-35-16-5-4-15-34(35)38-21-10-12-30-26-29-43(51)46(44(30)38)45(39)42/h1-29H. The monoisotopic (exact) mass is 659 g/mol. The highest BCUT2D eigenvalue weighted by molar-refractivity contribution is 6.30. The van der Waals surface area contributed by atoms with Crippen molar-refractivity contribution >= 4 is 65.2 Å². The summed E-state index contributed by atoms with van der Waals surface area (Å²) in [5.41, 5.74) is 13.0. The van der Waals surface area contributed by atoms with Crippen LogP contribution in [0.5, 0.6) is 0 Å². The highest BCUT2D eigenvalue weighted by atomic mass is 15.1. The maximum absolute atomic E-state index is 5.47. The molecule has 0 radical (unpaired) electrons. The van der Waals surface area contributed by atoms with Crippen molar-refractivity contribution in [2.45, 2.75) is 0 Å². The smallest absolute Gasteiger partial charge is 0.145 e. The number of imidazole rings is 1. The number of nitrogens with zero attached hydrogens (tertiary/aromatic N) is 3. The summed E-state index contributed by atoms with van der Waals surface area (Å²) in [4.78, 5) is 5.47. The van der Waals surface area contributed by atoms with Gasteiger partial charge in [0.25, 0.3) is 0 Å². The maximum Gasteiger partial charge on any atom is 0.145 e. The van der Waals surface area contributed by atoms with E-state index in [1.165, 1.54) is 76.4 Å². The van der Waals surface area contributed by atoms with Gasteiger partial charge >= 0.3 is 0 Å². The molecular formula is C49H29N3. The zero-order valence-electron chi connectivity index (χ0n) is 28.1. The zero-order valence-corrected chi connectivity index (χ0v) is 28.1. The third-order valence-electron chi connectivity index (χ3n) is 11.2. The SMILES string of the molecule is c1ccc(-n2c(-c3ccc(-n4c5cccc6c5c5c7c(cccc7ccc54)-c4ccccc4-6)cc3)nc3c4ccccc4c4ccccc4c32)cc1. The van der Waals surface area contributed by atoms with Crippen molar-refractivity contribution in [3.8, 4) is 45.0 Å². The number of hydrogen-bond donors (Lipinski definition) is 0. The van der Waals surface area contributed by atoms with E-state index in [1.807, 2.05) is 0 Å². The Hall–Kier alpha value is -6.97. The molecule has 0 atom stereocenters. The first-order valence-corrected chi connectivity index (χ1v) is 17.9. The van der Waals surface area contributed by atoms with Crippen LogP contribution in [0.15, 0.2) is 176 Å². The number of fused-ring (bicyclic) bond motifs is 9. The number of aromatic nitrogens is 3. The molecule has 0 N–H and O–H groups in total. The van der Waals surface area contributed by atoms with Gasteiger partial charge in [-0.2, -0.15) is 0 Å². The first kappa shape index (κ1) is 27.8. The van der Waals surface area contributed by atoms with Gasteiger partial charge in [-0.05, 0) is 92.3 Å². The first-order valence-electron chi connectivity index (χ1n) is 17.9. The summed E-state index contributed by atoms with van der Waals surface area (Å²) < 4.78 is 4.80. The Morgan fingerprint density at radius 3 is 1.69 bits per heavy atom. The summed E-state index contributed by atoms with van der Waals surface area (Å²) in [7, 11) is 0. The van der Waals surface area contributed by atoms with E-state index in [9.17, 15) is 0 Å². The molecule has 0 aliphatic heterocycles. The summed E-state index contributed by atoms with van der Waals surface area (Å²) in [6.07, 6.45) is 0. The molecule has 240 valence electrons. The van der Waals surface area contributed by atoms with Gasteiger partial charge in [-0.1, -0.05) is 127 Å². The molecule has 0 unspecified atom stereocenters. The molecule has 0 amide bonds. The van der Waals surface area contributed by atoms with E-state index in [4.69, 9.17) is 4.98 Å². The van der Waals surface area contributed by atoms with Gasteiger partial charge in [0.2, 0.25) is 0 Å². The largest absolute Gasteiger partial charge is 0.309 e. The Kier molecular flexibility index (Phi) is 5.50. The van der Waals surface area contributed by atoms with Crippen LogP contribution in [0.1, 0.15) is 0 Å². The number of para-hydroxylation sites is 1. The fourth-order valence-corrected chi connectivity index (χ4v) is 9.09. The Morgan fingerprint density at radius 2 is 0.923 bits per heavy atom. The quantitative estimate of drug-likeness (QED) is 0.173. The zero-order chi connectivity index (χ0) is 33.9. The van der Waals surface area contributed by atoms with Crippen LogP contribution < -0.4 is 0 Å². The van der Waals surface area contributed by atoms with Crippen LogP contribution in [0.25, 0.3) is 110 Å². The minimum atomic E-state index is 0.931. The van der Waals surface area contributed by atoms with Crippen LogP contribution in [0.3, 0.4) is 0 Å². The van der Waals surface area contributed by atoms with Gasteiger partial charge in [0.05, 0.1) is 22.1 Å². The third-order valence-corrected chi connectivity index (χ3v) is 11.2. The van der Waals surface area contributed by atoms with E-state index >= 15 is 0 Å². The predicted molar refractivity (Wildman–Crippen MR) is 218 cm³/mol. The van der Waals surface area contributed by atoms with Crippen LogP contribution in [0.4, 0.5) is 0 Å². The Morgan fingerprint density at radius 1 is 0.346 bits per heavy atom. The van der Waals surface area contributed by atoms with E-state index in [1.54, 1.807) is 0 Å². The van der Waals surface area contributed by atoms with Crippen molar-refractivity contribution in [1.82, 2.24) is 14.1 Å². The molecule has 2 aromatic heterocycles. The lowest BCUT2D eigenvalue weighted by Crippen LogP contribution is -1.99. The van der Waals surface area contributed by atoms with E-state index in [0.717, 1.165) is 33.8 Å². The second-order valence-corrected chi connectivity index (χ2v) is 13.9. The molecule has 1 aliphatic carbocycles. The van der Waals surface area contributed by atoms with E-state index in [0.29, 0.717) is 0 Å². The molecule has 12 rings (SSSR count). The van der Waals surface area contributed by atoms with Crippen molar-refractivity contribution < 1.29 is 0 Å². The molecule has 0 fully saturated rings.